The quantitative estimate of drug-likeness (QED) is 0.861. The molecule has 0 spiro atoms. The molecular weight excluding hydrogens is 251 g/mol. The maximum Gasteiger partial charge on any atom is 0.102 e. The highest BCUT2D eigenvalue weighted by Crippen LogP contribution is 2.19. The van der Waals surface area contributed by atoms with Gasteiger partial charge < -0.3 is 5.32 Å². The van der Waals surface area contributed by atoms with Crippen LogP contribution in [0.15, 0.2) is 30.3 Å². The van der Waals surface area contributed by atoms with Crippen molar-refractivity contribution in [1.29, 1.82) is 0 Å². The lowest BCUT2D eigenvalue weighted by atomic mass is 9.93. The Morgan fingerprint density at radius 3 is 2.75 bits per heavy atom. The molecule has 3 heteroatoms. The Balaban J connectivity index is 1.95. The average Bonchev–Trinajstić information content (AvgIpc) is 2.48. The van der Waals surface area contributed by atoms with Crippen LogP contribution >= 0.6 is 0 Å². The van der Waals surface area contributed by atoms with E-state index in [4.69, 9.17) is 0 Å². The third-order valence-corrected chi connectivity index (χ3v) is 4.54. The van der Waals surface area contributed by atoms with Crippen molar-refractivity contribution in [3.05, 3.63) is 35.9 Å². The summed E-state index contributed by atoms with van der Waals surface area (Å²) in [6, 6.07) is 11.5. The van der Waals surface area contributed by atoms with Gasteiger partial charge in [0.1, 0.15) is 6.67 Å². The minimum atomic E-state index is -0.245. The molecule has 0 aromatic heterocycles. The zero-order valence-electron chi connectivity index (χ0n) is 12.7. The fourth-order valence-corrected chi connectivity index (χ4v) is 3.13. The molecule has 20 heavy (non-hydrogen) atoms. The average molecular weight is 278 g/mol. The van der Waals surface area contributed by atoms with Crippen LogP contribution in [0.2, 0.25) is 0 Å². The fourth-order valence-electron chi connectivity index (χ4n) is 3.13. The Morgan fingerprint density at radius 1 is 1.35 bits per heavy atom. The monoisotopic (exact) mass is 278 g/mol. The van der Waals surface area contributed by atoms with Crippen LogP contribution in [0, 0.1) is 5.92 Å². The number of halogens is 1. The predicted molar refractivity (Wildman–Crippen MR) is 82.7 cm³/mol. The van der Waals surface area contributed by atoms with Gasteiger partial charge >= 0.3 is 0 Å². The molecule has 1 heterocycles. The van der Waals surface area contributed by atoms with Gasteiger partial charge in [-0.15, -0.1) is 0 Å². The van der Waals surface area contributed by atoms with Crippen LogP contribution in [0.5, 0.6) is 0 Å². The molecule has 0 amide bonds. The molecule has 1 saturated heterocycles. The summed E-state index contributed by atoms with van der Waals surface area (Å²) in [5.74, 6) is 0.617. The van der Waals surface area contributed by atoms with Crippen LogP contribution in [0.1, 0.15) is 25.8 Å². The lowest BCUT2D eigenvalue weighted by molar-refractivity contribution is 0.0849. The van der Waals surface area contributed by atoms with Crippen LogP contribution in [0.3, 0.4) is 0 Å². The summed E-state index contributed by atoms with van der Waals surface area (Å²) >= 11 is 0. The highest BCUT2D eigenvalue weighted by molar-refractivity contribution is 5.16. The molecule has 0 bridgehead atoms. The van der Waals surface area contributed by atoms with E-state index in [-0.39, 0.29) is 6.67 Å². The van der Waals surface area contributed by atoms with Crippen molar-refractivity contribution in [1.82, 2.24) is 10.2 Å². The van der Waals surface area contributed by atoms with Crippen molar-refractivity contribution in [2.24, 2.45) is 5.92 Å². The molecular formula is C17H27FN2. The molecule has 1 aromatic rings. The lowest BCUT2D eigenvalue weighted by Crippen LogP contribution is -2.59. The second kappa shape index (κ2) is 7.75. The SMILES string of the molecule is CCC(C)C1CNC(Cc2ccccc2)CN1CCF. The lowest BCUT2D eigenvalue weighted by Gasteiger charge is -2.42. The maximum atomic E-state index is 12.8. The summed E-state index contributed by atoms with van der Waals surface area (Å²) in [5.41, 5.74) is 1.35. The molecule has 3 unspecified atom stereocenters. The number of hydrogen-bond donors (Lipinski definition) is 1. The van der Waals surface area contributed by atoms with E-state index in [1.807, 2.05) is 6.07 Å². The van der Waals surface area contributed by atoms with Crippen molar-refractivity contribution in [2.45, 2.75) is 38.8 Å². The second-order valence-corrected chi connectivity index (χ2v) is 5.93. The van der Waals surface area contributed by atoms with Crippen LogP contribution in [0.25, 0.3) is 0 Å². The van der Waals surface area contributed by atoms with Crippen LogP contribution in [0.4, 0.5) is 4.39 Å². The van der Waals surface area contributed by atoms with Crippen molar-refractivity contribution in [2.75, 3.05) is 26.3 Å². The van der Waals surface area contributed by atoms with Gasteiger partial charge in [0.2, 0.25) is 0 Å². The second-order valence-electron chi connectivity index (χ2n) is 5.93. The number of rotatable bonds is 6. The Kier molecular flexibility index (Phi) is 5.99. The molecule has 3 atom stereocenters. The molecule has 1 aliphatic heterocycles. The summed E-state index contributed by atoms with van der Waals surface area (Å²) < 4.78 is 12.8. The summed E-state index contributed by atoms with van der Waals surface area (Å²) in [7, 11) is 0. The molecule has 1 aromatic carbocycles. The normalized spacial score (nSPS) is 25.6. The number of alkyl halides is 1. The topological polar surface area (TPSA) is 15.3 Å². The molecule has 1 fully saturated rings. The van der Waals surface area contributed by atoms with Gasteiger partial charge in [0, 0.05) is 31.7 Å². The fraction of sp³-hybridized carbons (Fsp3) is 0.647. The van der Waals surface area contributed by atoms with Gasteiger partial charge in [-0.1, -0.05) is 50.6 Å². The van der Waals surface area contributed by atoms with Gasteiger partial charge in [-0.3, -0.25) is 4.90 Å². The highest BCUT2D eigenvalue weighted by atomic mass is 19.1. The van der Waals surface area contributed by atoms with E-state index in [1.54, 1.807) is 0 Å². The minimum absolute atomic E-state index is 0.245. The Bertz CT molecular complexity index is 382. The number of benzene rings is 1. The van der Waals surface area contributed by atoms with Crippen LogP contribution in [-0.2, 0) is 6.42 Å². The number of piperazine rings is 1. The predicted octanol–water partition coefficient (Wildman–Crippen LogP) is 2.89. The van der Waals surface area contributed by atoms with Crippen LogP contribution in [-0.4, -0.2) is 43.3 Å². The summed E-state index contributed by atoms with van der Waals surface area (Å²) in [5, 5.41) is 3.66. The van der Waals surface area contributed by atoms with Gasteiger partial charge in [-0.25, -0.2) is 4.39 Å². The van der Waals surface area contributed by atoms with Crippen molar-refractivity contribution in [3.63, 3.8) is 0 Å². The summed E-state index contributed by atoms with van der Waals surface area (Å²) in [6.45, 7) is 6.75. The van der Waals surface area contributed by atoms with E-state index in [0.717, 1.165) is 25.9 Å². The largest absolute Gasteiger partial charge is 0.311 e. The van der Waals surface area contributed by atoms with Crippen molar-refractivity contribution in [3.8, 4) is 0 Å². The first kappa shape index (κ1) is 15.5. The number of nitrogens with one attached hydrogen (secondary N) is 1. The minimum Gasteiger partial charge on any atom is -0.311 e. The first-order chi connectivity index (χ1) is 9.74. The highest BCUT2D eigenvalue weighted by Gasteiger charge is 2.30. The first-order valence-corrected chi connectivity index (χ1v) is 7.82. The molecule has 0 aliphatic carbocycles. The van der Waals surface area contributed by atoms with Crippen LogP contribution < -0.4 is 5.32 Å². The van der Waals surface area contributed by atoms with Crippen molar-refractivity contribution >= 4 is 0 Å². The van der Waals surface area contributed by atoms with E-state index in [1.165, 1.54) is 5.56 Å². The van der Waals surface area contributed by atoms with Gasteiger partial charge in [-0.05, 0) is 17.9 Å². The molecule has 1 N–H and O–H groups in total. The molecule has 1 aliphatic rings. The van der Waals surface area contributed by atoms with E-state index in [2.05, 4.69) is 48.3 Å². The number of hydrogen-bond acceptors (Lipinski definition) is 2. The van der Waals surface area contributed by atoms with E-state index in [9.17, 15) is 4.39 Å². The Hall–Kier alpha value is -0.930. The first-order valence-electron chi connectivity index (χ1n) is 7.82. The van der Waals surface area contributed by atoms with Gasteiger partial charge in [0.15, 0.2) is 0 Å². The summed E-state index contributed by atoms with van der Waals surface area (Å²) in [6.07, 6.45) is 2.18. The van der Waals surface area contributed by atoms with E-state index >= 15 is 0 Å². The molecule has 0 radical (unpaired) electrons. The maximum absolute atomic E-state index is 12.8. The third kappa shape index (κ3) is 4.03. The number of nitrogens with zero attached hydrogens (tertiary/aromatic N) is 1. The van der Waals surface area contributed by atoms with Gasteiger partial charge in [0.25, 0.3) is 0 Å². The van der Waals surface area contributed by atoms with E-state index < -0.39 is 0 Å². The molecule has 0 saturated carbocycles. The Labute approximate surface area is 122 Å². The van der Waals surface area contributed by atoms with E-state index in [0.29, 0.717) is 24.5 Å². The van der Waals surface area contributed by atoms with Crippen molar-refractivity contribution < 1.29 is 4.39 Å². The van der Waals surface area contributed by atoms with Gasteiger partial charge in [0.05, 0.1) is 0 Å². The molecule has 2 nitrogen and oxygen atoms in total. The zero-order chi connectivity index (χ0) is 14.4. The summed E-state index contributed by atoms with van der Waals surface area (Å²) in [4.78, 5) is 2.35. The standard InChI is InChI=1S/C17H27FN2/c1-3-14(2)17-12-19-16(13-20(17)10-9-18)11-15-7-5-4-6-8-15/h4-8,14,16-17,19H,3,9-13H2,1-2H3. The smallest absolute Gasteiger partial charge is 0.102 e. The molecule has 2 rings (SSSR count). The molecule has 112 valence electrons. The van der Waals surface area contributed by atoms with Gasteiger partial charge in [-0.2, -0.15) is 0 Å². The third-order valence-electron chi connectivity index (χ3n) is 4.54. The Morgan fingerprint density at radius 2 is 2.10 bits per heavy atom. The zero-order valence-corrected chi connectivity index (χ0v) is 12.7.